The van der Waals surface area contributed by atoms with E-state index >= 15 is 0 Å². The Balaban J connectivity index is 1.47. The van der Waals surface area contributed by atoms with Gasteiger partial charge in [0.1, 0.15) is 6.54 Å². The first kappa shape index (κ1) is 25.3. The largest absolute Gasteiger partial charge is 0.872 e. The molecule has 1 saturated heterocycles. The molecule has 2 aromatic carbocycles. The van der Waals surface area contributed by atoms with E-state index in [1.807, 2.05) is 13.0 Å². The number of nitrogens with one attached hydrogen (secondary N) is 1. The van der Waals surface area contributed by atoms with Crippen LogP contribution in [0.1, 0.15) is 66.7 Å². The summed E-state index contributed by atoms with van der Waals surface area (Å²) in [6.45, 7) is 8.00. The van der Waals surface area contributed by atoms with Gasteiger partial charge in [0, 0.05) is 46.8 Å². The van der Waals surface area contributed by atoms with Crippen molar-refractivity contribution in [2.75, 3.05) is 32.8 Å². The van der Waals surface area contributed by atoms with Crippen molar-refractivity contribution in [2.24, 2.45) is 0 Å². The first-order valence-electron chi connectivity index (χ1n) is 13.4. The van der Waals surface area contributed by atoms with Crippen molar-refractivity contribution >= 4 is 32.8 Å². The average molecular weight is 555 g/mol. The van der Waals surface area contributed by atoms with Crippen LogP contribution in [0.4, 0.5) is 0 Å². The second-order valence-corrected chi connectivity index (χ2v) is 11.0. The van der Waals surface area contributed by atoms with Gasteiger partial charge in [0.15, 0.2) is 0 Å². The molecule has 0 bridgehead atoms. The maximum Gasteiger partial charge on any atom is 0.340 e. The number of hydrogen-bond acceptors (Lipinski definition) is 4. The van der Waals surface area contributed by atoms with Crippen molar-refractivity contribution in [1.82, 2.24) is 9.47 Å². The molecule has 36 heavy (non-hydrogen) atoms. The third-order valence-corrected chi connectivity index (χ3v) is 8.43. The van der Waals surface area contributed by atoms with Gasteiger partial charge >= 0.3 is 5.97 Å². The summed E-state index contributed by atoms with van der Waals surface area (Å²) < 4.78 is 8.46. The van der Waals surface area contributed by atoms with E-state index in [4.69, 9.17) is 4.74 Å². The summed E-state index contributed by atoms with van der Waals surface area (Å²) in [6, 6.07) is 14.6. The summed E-state index contributed by atoms with van der Waals surface area (Å²) in [5, 5.41) is 13.3. The van der Waals surface area contributed by atoms with Crippen molar-refractivity contribution in [1.29, 1.82) is 0 Å². The van der Waals surface area contributed by atoms with Gasteiger partial charge in [0.05, 0.1) is 30.8 Å². The zero-order chi connectivity index (χ0) is 25.1. The summed E-state index contributed by atoms with van der Waals surface area (Å²) in [4.78, 5) is 17.4. The van der Waals surface area contributed by atoms with Gasteiger partial charge in [0.25, 0.3) is 0 Å². The molecule has 0 unspecified atom stereocenters. The lowest BCUT2D eigenvalue weighted by Crippen LogP contribution is -3.13. The van der Waals surface area contributed by atoms with Crippen molar-refractivity contribution in [2.45, 2.75) is 58.2 Å². The first-order chi connectivity index (χ1) is 17.5. The molecule has 192 valence electrons. The Bertz CT molecular complexity index is 1200. The Morgan fingerprint density at radius 3 is 2.53 bits per heavy atom. The van der Waals surface area contributed by atoms with Crippen LogP contribution < -0.4 is 10.0 Å². The highest BCUT2D eigenvalue weighted by Gasteiger charge is 2.30. The maximum atomic E-state index is 13.3. The Morgan fingerprint density at radius 1 is 1.11 bits per heavy atom. The van der Waals surface area contributed by atoms with Crippen molar-refractivity contribution in [3.63, 3.8) is 0 Å². The molecule has 1 N–H and O–H groups in total. The monoisotopic (exact) mass is 553 g/mol. The fraction of sp³-hybridized carbons (Fsp3) is 0.483. The molecule has 0 radical (unpaired) electrons. The Morgan fingerprint density at radius 2 is 1.83 bits per heavy atom. The topological polar surface area (TPSA) is 62.0 Å². The van der Waals surface area contributed by atoms with Gasteiger partial charge in [-0.2, -0.15) is 0 Å². The van der Waals surface area contributed by atoms with E-state index in [0.717, 1.165) is 62.2 Å². The summed E-state index contributed by atoms with van der Waals surface area (Å²) in [6.07, 6.45) is 5.85. The van der Waals surface area contributed by atoms with E-state index < -0.39 is 0 Å². The fourth-order valence-corrected chi connectivity index (χ4v) is 6.34. The third kappa shape index (κ3) is 5.34. The lowest BCUT2D eigenvalue weighted by molar-refractivity contribution is -0.918. The van der Waals surface area contributed by atoms with Gasteiger partial charge in [-0.3, -0.25) is 4.90 Å². The van der Waals surface area contributed by atoms with Gasteiger partial charge in [0.2, 0.25) is 0 Å². The SMILES string of the molecule is CCOC(=O)c1c(CN2CC[NH+](Cc3ccccc3)CC2)n(C2CCCCC2)c2cc(Br)c([O-])cc12. The zero-order valence-electron chi connectivity index (χ0n) is 21.1. The first-order valence-corrected chi connectivity index (χ1v) is 14.1. The van der Waals surface area contributed by atoms with E-state index in [0.29, 0.717) is 29.2 Å². The fourth-order valence-electron chi connectivity index (χ4n) is 6.01. The average Bonchev–Trinajstić information content (AvgIpc) is 3.19. The number of quaternary nitrogens is 1. The highest BCUT2D eigenvalue weighted by molar-refractivity contribution is 9.10. The van der Waals surface area contributed by atoms with E-state index in [2.05, 4.69) is 55.7 Å². The Hall–Kier alpha value is -2.35. The van der Waals surface area contributed by atoms with E-state index in [9.17, 15) is 9.90 Å². The zero-order valence-corrected chi connectivity index (χ0v) is 22.7. The minimum absolute atomic E-state index is 0.0986. The van der Waals surface area contributed by atoms with Crippen LogP contribution in [0.15, 0.2) is 46.9 Å². The molecule has 6 nitrogen and oxygen atoms in total. The number of halogens is 1. The van der Waals surface area contributed by atoms with Crippen LogP contribution in [0.25, 0.3) is 10.9 Å². The second-order valence-electron chi connectivity index (χ2n) is 10.2. The van der Waals surface area contributed by atoms with E-state index in [1.54, 1.807) is 11.0 Å². The number of carbonyl (C=O) groups is 1. The van der Waals surface area contributed by atoms with Crippen LogP contribution in [-0.2, 0) is 17.8 Å². The summed E-state index contributed by atoms with van der Waals surface area (Å²) >= 11 is 3.45. The minimum Gasteiger partial charge on any atom is -0.872 e. The third-order valence-electron chi connectivity index (χ3n) is 7.81. The molecule has 2 aliphatic rings. The second kappa shape index (κ2) is 11.4. The minimum atomic E-state index is -0.317. The van der Waals surface area contributed by atoms with Crippen molar-refractivity contribution in [3.05, 3.63) is 63.8 Å². The van der Waals surface area contributed by atoms with Crippen molar-refractivity contribution < 1.29 is 19.5 Å². The lowest BCUT2D eigenvalue weighted by Gasteiger charge is -2.34. The maximum absolute atomic E-state index is 13.3. The quantitative estimate of drug-likeness (QED) is 0.448. The number of nitrogens with zero attached hydrogens (tertiary/aromatic N) is 2. The molecule has 0 atom stereocenters. The van der Waals surface area contributed by atoms with Crippen LogP contribution in [0.2, 0.25) is 0 Å². The van der Waals surface area contributed by atoms with Crippen LogP contribution in [0.3, 0.4) is 0 Å². The molecule has 2 heterocycles. The van der Waals surface area contributed by atoms with Crippen LogP contribution in [0, 0.1) is 0 Å². The molecule has 1 saturated carbocycles. The molecule has 1 aliphatic carbocycles. The summed E-state index contributed by atoms with van der Waals surface area (Å²) in [7, 11) is 0. The predicted molar refractivity (Wildman–Crippen MR) is 143 cm³/mol. The smallest absolute Gasteiger partial charge is 0.340 e. The molecule has 7 heteroatoms. The highest BCUT2D eigenvalue weighted by atomic mass is 79.9. The molecule has 3 aromatic rings. The summed E-state index contributed by atoms with van der Waals surface area (Å²) in [5.74, 6) is -0.416. The van der Waals surface area contributed by atoms with Gasteiger partial charge in [-0.1, -0.05) is 77.3 Å². The molecule has 1 aliphatic heterocycles. The van der Waals surface area contributed by atoms with Gasteiger partial charge in [-0.05, 0) is 25.8 Å². The predicted octanol–water partition coefficient (Wildman–Crippen LogP) is 4.06. The number of hydrogen-bond donors (Lipinski definition) is 1. The van der Waals surface area contributed by atoms with Crippen LogP contribution >= 0.6 is 15.9 Å². The number of carbonyl (C=O) groups excluding carboxylic acids is 1. The lowest BCUT2D eigenvalue weighted by atomic mass is 9.95. The van der Waals surface area contributed by atoms with Gasteiger partial charge in [-0.25, -0.2) is 4.79 Å². The van der Waals surface area contributed by atoms with Crippen LogP contribution in [0.5, 0.6) is 5.75 Å². The molecule has 0 amide bonds. The molecular weight excluding hydrogens is 518 g/mol. The van der Waals surface area contributed by atoms with Crippen molar-refractivity contribution in [3.8, 4) is 5.75 Å². The standard InChI is InChI=1S/C29H36BrN3O3/c1-2-36-29(35)28-23-17-27(34)24(30)18-25(23)33(22-11-7-4-8-12-22)26(28)20-32-15-13-31(14-16-32)19-21-9-5-3-6-10-21/h3,5-6,9-10,17-18,22,34H,2,4,7-8,11-16,19-20H2,1H3. The summed E-state index contributed by atoms with van der Waals surface area (Å²) in [5.41, 5.74) is 3.95. The highest BCUT2D eigenvalue weighted by Crippen LogP contribution is 2.40. The molecular formula is C29H36BrN3O3. The number of esters is 1. The molecule has 2 fully saturated rings. The number of aromatic nitrogens is 1. The van der Waals surface area contributed by atoms with Gasteiger partial charge in [-0.15, -0.1) is 0 Å². The number of rotatable bonds is 7. The number of benzene rings is 2. The van der Waals surface area contributed by atoms with E-state index in [-0.39, 0.29) is 11.7 Å². The number of piperazine rings is 1. The Kier molecular flexibility index (Phi) is 7.99. The van der Waals surface area contributed by atoms with Crippen LogP contribution in [-0.4, -0.2) is 48.2 Å². The van der Waals surface area contributed by atoms with Gasteiger partial charge < -0.3 is 19.3 Å². The normalized spacial score (nSPS) is 18.1. The van der Waals surface area contributed by atoms with E-state index in [1.165, 1.54) is 24.8 Å². The molecule has 0 spiro atoms. The molecule has 1 aromatic heterocycles. The number of ether oxygens (including phenoxy) is 1. The Labute approximate surface area is 222 Å². The molecule has 5 rings (SSSR count). The number of fused-ring (bicyclic) bond motifs is 1.